The maximum Gasteiger partial charge on any atom is 0.261 e. The highest BCUT2D eigenvalue weighted by Crippen LogP contribution is 2.29. The molecule has 2 aromatic rings. The minimum Gasteiger partial charge on any atom is -0.504 e. The Labute approximate surface area is 101 Å². The van der Waals surface area contributed by atoms with Gasteiger partial charge in [0.25, 0.3) is 5.91 Å². The third-order valence-corrected chi connectivity index (χ3v) is 2.65. The lowest BCUT2D eigenvalue weighted by Gasteiger charge is -2.07. The molecule has 17 heavy (non-hydrogen) atoms. The average molecular weight is 251 g/mol. The molecule has 88 valence electrons. The highest BCUT2D eigenvalue weighted by molar-refractivity contribution is 7.13. The first kappa shape index (κ1) is 11.3. The molecule has 1 heterocycles. The number of nitrogens with one attached hydrogen (secondary N) is 1. The number of aromatic hydroxyl groups is 1. The fraction of sp³-hybridized carbons (Fsp3) is 0.100. The topological polar surface area (TPSA) is 84.3 Å². The van der Waals surface area contributed by atoms with Crippen LogP contribution in [0, 0.1) is 0 Å². The first-order valence-electron chi connectivity index (χ1n) is 4.66. The monoisotopic (exact) mass is 251 g/mol. The summed E-state index contributed by atoms with van der Waals surface area (Å²) in [6.07, 6.45) is 0. The Kier molecular flexibility index (Phi) is 3.20. The highest BCUT2D eigenvalue weighted by Gasteiger charge is 2.15. The summed E-state index contributed by atoms with van der Waals surface area (Å²) < 4.78 is 4.92. The molecule has 1 aromatic carbocycles. The maximum atomic E-state index is 11.8. The zero-order chi connectivity index (χ0) is 12.3. The predicted molar refractivity (Wildman–Crippen MR) is 62.5 cm³/mol. The van der Waals surface area contributed by atoms with Crippen LogP contribution in [0.1, 0.15) is 10.4 Å². The zero-order valence-corrected chi connectivity index (χ0v) is 9.69. The molecule has 2 rings (SSSR count). The van der Waals surface area contributed by atoms with E-state index in [-0.39, 0.29) is 17.1 Å². The number of benzene rings is 1. The van der Waals surface area contributed by atoms with Crippen LogP contribution in [0.4, 0.5) is 5.13 Å². The van der Waals surface area contributed by atoms with E-state index < -0.39 is 5.91 Å². The van der Waals surface area contributed by atoms with Crippen LogP contribution >= 0.6 is 11.3 Å². The van der Waals surface area contributed by atoms with Crippen molar-refractivity contribution in [2.24, 2.45) is 0 Å². The molecule has 0 unspecified atom stereocenters. The van der Waals surface area contributed by atoms with Crippen molar-refractivity contribution in [2.45, 2.75) is 0 Å². The van der Waals surface area contributed by atoms with E-state index in [4.69, 9.17) is 4.74 Å². The predicted octanol–water partition coefficient (Wildman–Crippen LogP) is 1.50. The van der Waals surface area contributed by atoms with Crippen molar-refractivity contribution in [3.8, 4) is 11.5 Å². The van der Waals surface area contributed by atoms with Crippen LogP contribution in [0.25, 0.3) is 0 Å². The van der Waals surface area contributed by atoms with Gasteiger partial charge in [0, 0.05) is 0 Å². The number of hydrogen-bond acceptors (Lipinski definition) is 6. The van der Waals surface area contributed by atoms with Crippen molar-refractivity contribution in [3.05, 3.63) is 29.3 Å². The second-order valence-electron chi connectivity index (χ2n) is 3.05. The Hall–Kier alpha value is -2.15. The molecule has 0 atom stereocenters. The van der Waals surface area contributed by atoms with E-state index in [1.54, 1.807) is 12.1 Å². The molecule has 0 aliphatic heterocycles. The Bertz CT molecular complexity index is 528. The number of para-hydroxylation sites is 1. The lowest BCUT2D eigenvalue weighted by Crippen LogP contribution is -2.12. The Morgan fingerprint density at radius 2 is 2.35 bits per heavy atom. The van der Waals surface area contributed by atoms with Crippen molar-refractivity contribution >= 4 is 22.4 Å². The average Bonchev–Trinajstić information content (AvgIpc) is 2.82. The standard InChI is InChI=1S/C10H9N3O3S/c1-16-7-4-2-3-6(8(7)14)9(15)12-10-13-11-5-17-10/h2-5,14H,1H3,(H,12,13,15). The Balaban J connectivity index is 2.25. The second kappa shape index (κ2) is 4.79. The molecule has 6 nitrogen and oxygen atoms in total. The highest BCUT2D eigenvalue weighted by atomic mass is 32.1. The Morgan fingerprint density at radius 1 is 1.53 bits per heavy atom. The van der Waals surface area contributed by atoms with Crippen LogP contribution in [0.3, 0.4) is 0 Å². The third-order valence-electron chi connectivity index (χ3n) is 2.04. The lowest BCUT2D eigenvalue weighted by molar-refractivity contribution is 0.102. The first-order chi connectivity index (χ1) is 8.22. The number of phenols is 1. The summed E-state index contributed by atoms with van der Waals surface area (Å²) in [5.74, 6) is -0.412. The second-order valence-corrected chi connectivity index (χ2v) is 3.89. The molecular formula is C10H9N3O3S. The van der Waals surface area contributed by atoms with Crippen molar-refractivity contribution in [1.29, 1.82) is 0 Å². The van der Waals surface area contributed by atoms with E-state index in [1.165, 1.54) is 30.0 Å². The van der Waals surface area contributed by atoms with E-state index in [9.17, 15) is 9.90 Å². The van der Waals surface area contributed by atoms with E-state index >= 15 is 0 Å². The number of aromatic nitrogens is 2. The number of carbonyl (C=O) groups excluding carboxylic acids is 1. The number of rotatable bonds is 3. The number of anilines is 1. The van der Waals surface area contributed by atoms with Crippen LogP contribution in [-0.2, 0) is 0 Å². The zero-order valence-electron chi connectivity index (χ0n) is 8.88. The SMILES string of the molecule is COc1cccc(C(=O)Nc2nncs2)c1O. The number of methoxy groups -OCH3 is 1. The fourth-order valence-corrected chi connectivity index (χ4v) is 1.70. The van der Waals surface area contributed by atoms with Gasteiger partial charge in [0.1, 0.15) is 5.51 Å². The molecule has 0 radical (unpaired) electrons. The maximum absolute atomic E-state index is 11.8. The normalized spacial score (nSPS) is 9.94. The van der Waals surface area contributed by atoms with Gasteiger partial charge in [0.15, 0.2) is 11.5 Å². The van der Waals surface area contributed by atoms with Gasteiger partial charge in [-0.15, -0.1) is 10.2 Å². The first-order valence-corrected chi connectivity index (χ1v) is 5.54. The van der Waals surface area contributed by atoms with E-state index in [2.05, 4.69) is 15.5 Å². The Morgan fingerprint density at radius 3 is 3.00 bits per heavy atom. The summed E-state index contributed by atoms with van der Waals surface area (Å²) in [5.41, 5.74) is 1.63. The molecule has 0 saturated carbocycles. The number of hydrogen-bond donors (Lipinski definition) is 2. The minimum atomic E-state index is -0.460. The number of carbonyl (C=O) groups is 1. The van der Waals surface area contributed by atoms with Crippen LogP contribution in [0.5, 0.6) is 11.5 Å². The van der Waals surface area contributed by atoms with Gasteiger partial charge in [0.05, 0.1) is 12.7 Å². The number of phenolic OH excluding ortho intramolecular Hbond substituents is 1. The van der Waals surface area contributed by atoms with Crippen LogP contribution in [0.15, 0.2) is 23.7 Å². The van der Waals surface area contributed by atoms with Gasteiger partial charge in [-0.1, -0.05) is 17.4 Å². The number of amides is 1. The number of ether oxygens (including phenoxy) is 1. The molecule has 2 N–H and O–H groups in total. The van der Waals surface area contributed by atoms with Gasteiger partial charge in [0.2, 0.25) is 5.13 Å². The van der Waals surface area contributed by atoms with Gasteiger partial charge in [-0.2, -0.15) is 0 Å². The summed E-state index contributed by atoms with van der Waals surface area (Å²) in [6, 6.07) is 4.68. The third kappa shape index (κ3) is 2.34. The van der Waals surface area contributed by atoms with Crippen molar-refractivity contribution < 1.29 is 14.6 Å². The summed E-state index contributed by atoms with van der Waals surface area (Å²) in [5, 5.41) is 19.9. The largest absolute Gasteiger partial charge is 0.504 e. The molecular weight excluding hydrogens is 242 g/mol. The van der Waals surface area contributed by atoms with E-state index in [1.807, 2.05) is 0 Å². The quantitative estimate of drug-likeness (QED) is 0.863. The van der Waals surface area contributed by atoms with E-state index in [0.29, 0.717) is 5.13 Å². The molecule has 0 aliphatic carbocycles. The van der Waals surface area contributed by atoms with E-state index in [0.717, 1.165) is 0 Å². The van der Waals surface area contributed by atoms with Crippen molar-refractivity contribution in [1.82, 2.24) is 10.2 Å². The van der Waals surface area contributed by atoms with Crippen LogP contribution in [-0.4, -0.2) is 28.3 Å². The fourth-order valence-electron chi connectivity index (χ4n) is 1.26. The van der Waals surface area contributed by atoms with Gasteiger partial charge in [-0.25, -0.2) is 0 Å². The molecule has 0 fully saturated rings. The molecule has 0 aliphatic rings. The van der Waals surface area contributed by atoms with Crippen molar-refractivity contribution in [2.75, 3.05) is 12.4 Å². The summed E-state index contributed by atoms with van der Waals surface area (Å²) in [4.78, 5) is 11.8. The van der Waals surface area contributed by atoms with Crippen LogP contribution < -0.4 is 10.1 Å². The summed E-state index contributed by atoms with van der Waals surface area (Å²) >= 11 is 1.19. The molecule has 7 heteroatoms. The van der Waals surface area contributed by atoms with Gasteiger partial charge >= 0.3 is 0 Å². The molecule has 0 saturated heterocycles. The smallest absolute Gasteiger partial charge is 0.261 e. The molecule has 0 bridgehead atoms. The van der Waals surface area contributed by atoms with Gasteiger partial charge in [-0.05, 0) is 12.1 Å². The molecule has 0 spiro atoms. The van der Waals surface area contributed by atoms with Crippen molar-refractivity contribution in [3.63, 3.8) is 0 Å². The number of nitrogens with zero attached hydrogens (tertiary/aromatic N) is 2. The summed E-state index contributed by atoms with van der Waals surface area (Å²) in [6.45, 7) is 0. The minimum absolute atomic E-state index is 0.125. The van der Waals surface area contributed by atoms with Crippen LogP contribution in [0.2, 0.25) is 0 Å². The molecule has 1 amide bonds. The summed E-state index contributed by atoms with van der Waals surface area (Å²) in [7, 11) is 1.42. The van der Waals surface area contributed by atoms with Gasteiger partial charge < -0.3 is 9.84 Å². The lowest BCUT2D eigenvalue weighted by atomic mass is 10.2. The molecule has 1 aromatic heterocycles. The van der Waals surface area contributed by atoms with Gasteiger partial charge in [-0.3, -0.25) is 10.1 Å².